The van der Waals surface area contributed by atoms with E-state index in [2.05, 4.69) is 19.6 Å². The highest BCUT2D eigenvalue weighted by atomic mass is 28.3. The molecule has 1 amide bonds. The van der Waals surface area contributed by atoms with Gasteiger partial charge in [-0.1, -0.05) is 19.6 Å². The van der Waals surface area contributed by atoms with Crippen molar-refractivity contribution in [2.75, 3.05) is 19.0 Å². The van der Waals surface area contributed by atoms with Gasteiger partial charge in [-0.05, 0) is 24.2 Å². The van der Waals surface area contributed by atoms with E-state index in [0.29, 0.717) is 0 Å². The summed E-state index contributed by atoms with van der Waals surface area (Å²) in [6.45, 7) is 6.70. The Morgan fingerprint density at radius 1 is 1.21 bits per heavy atom. The number of hydrogen-bond acceptors (Lipinski definition) is 4. The number of nitrogens with one attached hydrogen (secondary N) is 1. The number of hydrogen-bond donors (Lipinski definition) is 1. The summed E-state index contributed by atoms with van der Waals surface area (Å²) in [6, 6.07) is 4.46. The fourth-order valence-electron chi connectivity index (χ4n) is 1.65. The molecule has 1 N–H and O–H groups in total. The monoisotopic (exact) mass is 363 g/mol. The van der Waals surface area contributed by atoms with Crippen LogP contribution in [0.5, 0.6) is 5.75 Å². The molecule has 0 aliphatic rings. The molecule has 1 aromatic rings. The fourth-order valence-corrected chi connectivity index (χ4v) is 2.36. The summed E-state index contributed by atoms with van der Waals surface area (Å²) in [5.41, 5.74) is -0.0501. The first-order valence-electron chi connectivity index (χ1n) is 7.17. The average Bonchev–Trinajstić information content (AvgIpc) is 2.45. The molecular formula is C15H20F3NO4Si. The van der Waals surface area contributed by atoms with Crippen LogP contribution in [0.4, 0.5) is 18.9 Å². The second-order valence-corrected chi connectivity index (χ2v) is 11.9. The van der Waals surface area contributed by atoms with E-state index in [-0.39, 0.29) is 23.6 Å². The average molecular weight is 363 g/mol. The van der Waals surface area contributed by atoms with Crippen molar-refractivity contribution in [3.05, 3.63) is 23.8 Å². The summed E-state index contributed by atoms with van der Waals surface area (Å²) in [4.78, 5) is 22.9. The molecule has 9 heteroatoms. The Hall–Kier alpha value is -2.03. The van der Waals surface area contributed by atoms with Gasteiger partial charge in [0.05, 0.1) is 25.0 Å². The Kier molecular flexibility index (Phi) is 6.41. The minimum Gasteiger partial charge on any atom is -0.495 e. The summed E-state index contributed by atoms with van der Waals surface area (Å²) in [7, 11) is -0.123. The van der Waals surface area contributed by atoms with Crippen LogP contribution in [0.2, 0.25) is 25.7 Å². The molecule has 0 spiro atoms. The molecule has 0 saturated carbocycles. The van der Waals surface area contributed by atoms with Crippen molar-refractivity contribution in [2.24, 2.45) is 0 Å². The SMILES string of the molecule is COc1cc(C(=O)OCC[Si](C)(C)C)ccc1NC(=O)C(F)(F)F. The number of rotatable bonds is 6. The second kappa shape index (κ2) is 7.69. The summed E-state index contributed by atoms with van der Waals surface area (Å²) in [5, 5.41) is 1.70. The molecular weight excluding hydrogens is 343 g/mol. The van der Waals surface area contributed by atoms with Gasteiger partial charge in [0, 0.05) is 8.07 Å². The third-order valence-corrected chi connectivity index (χ3v) is 4.73. The van der Waals surface area contributed by atoms with Crippen molar-refractivity contribution in [1.29, 1.82) is 0 Å². The summed E-state index contributed by atoms with van der Waals surface area (Å²) in [6.07, 6.45) is -5.01. The van der Waals surface area contributed by atoms with Crippen LogP contribution in [0, 0.1) is 0 Å². The number of amides is 1. The molecule has 1 rings (SSSR count). The molecule has 0 fully saturated rings. The predicted octanol–water partition coefficient (Wildman–Crippen LogP) is 3.69. The van der Waals surface area contributed by atoms with Gasteiger partial charge in [0.15, 0.2) is 0 Å². The third kappa shape index (κ3) is 6.23. The van der Waals surface area contributed by atoms with Crippen molar-refractivity contribution >= 4 is 25.6 Å². The Morgan fingerprint density at radius 3 is 2.33 bits per heavy atom. The molecule has 0 aromatic heterocycles. The first-order valence-corrected chi connectivity index (χ1v) is 10.9. The van der Waals surface area contributed by atoms with Crippen LogP contribution in [0.25, 0.3) is 0 Å². The van der Waals surface area contributed by atoms with Crippen molar-refractivity contribution in [1.82, 2.24) is 0 Å². The van der Waals surface area contributed by atoms with Gasteiger partial charge in [-0.2, -0.15) is 13.2 Å². The third-order valence-electron chi connectivity index (χ3n) is 3.03. The number of esters is 1. The maximum atomic E-state index is 12.3. The van der Waals surface area contributed by atoms with Crippen molar-refractivity contribution in [3.63, 3.8) is 0 Å². The Bertz CT molecular complexity index is 612. The van der Waals surface area contributed by atoms with E-state index in [1.807, 2.05) is 0 Å². The highest BCUT2D eigenvalue weighted by Crippen LogP contribution is 2.28. The number of methoxy groups -OCH3 is 1. The zero-order valence-electron chi connectivity index (χ0n) is 13.9. The highest BCUT2D eigenvalue weighted by molar-refractivity contribution is 6.76. The van der Waals surface area contributed by atoms with Crippen LogP contribution in [-0.2, 0) is 9.53 Å². The van der Waals surface area contributed by atoms with Crippen molar-refractivity contribution in [2.45, 2.75) is 31.9 Å². The molecule has 0 bridgehead atoms. The van der Waals surface area contributed by atoms with Gasteiger partial charge in [-0.25, -0.2) is 4.79 Å². The minimum absolute atomic E-state index is 0.0627. The summed E-state index contributed by atoms with van der Waals surface area (Å²) in [5.74, 6) is -2.78. The number of halogens is 3. The highest BCUT2D eigenvalue weighted by Gasteiger charge is 2.39. The zero-order chi connectivity index (χ0) is 18.5. The molecule has 0 heterocycles. The number of alkyl halides is 3. The van der Waals surface area contributed by atoms with Crippen LogP contribution in [0.15, 0.2) is 18.2 Å². The fraction of sp³-hybridized carbons (Fsp3) is 0.467. The van der Waals surface area contributed by atoms with Crippen LogP contribution in [0.1, 0.15) is 10.4 Å². The molecule has 0 atom stereocenters. The lowest BCUT2D eigenvalue weighted by Gasteiger charge is -2.16. The van der Waals surface area contributed by atoms with Gasteiger partial charge < -0.3 is 14.8 Å². The van der Waals surface area contributed by atoms with E-state index in [9.17, 15) is 22.8 Å². The van der Waals surface area contributed by atoms with Crippen LogP contribution in [-0.4, -0.2) is 39.8 Å². The van der Waals surface area contributed by atoms with E-state index in [4.69, 9.17) is 9.47 Å². The molecule has 134 valence electrons. The van der Waals surface area contributed by atoms with E-state index in [1.54, 1.807) is 5.32 Å². The van der Waals surface area contributed by atoms with Gasteiger partial charge in [0.1, 0.15) is 5.75 Å². The van der Waals surface area contributed by atoms with Gasteiger partial charge in [-0.15, -0.1) is 0 Å². The number of benzene rings is 1. The van der Waals surface area contributed by atoms with Gasteiger partial charge in [0.2, 0.25) is 0 Å². The Labute approximate surface area is 139 Å². The van der Waals surface area contributed by atoms with Crippen LogP contribution >= 0.6 is 0 Å². The predicted molar refractivity (Wildman–Crippen MR) is 86.1 cm³/mol. The molecule has 0 aliphatic carbocycles. The first-order chi connectivity index (χ1) is 10.9. The quantitative estimate of drug-likeness (QED) is 0.618. The Balaban J connectivity index is 2.82. The maximum absolute atomic E-state index is 12.3. The lowest BCUT2D eigenvalue weighted by atomic mass is 10.2. The van der Waals surface area contributed by atoms with Crippen LogP contribution < -0.4 is 10.1 Å². The van der Waals surface area contributed by atoms with Crippen molar-refractivity contribution < 1.29 is 32.2 Å². The minimum atomic E-state index is -5.01. The standard InChI is InChI=1S/C15H20F3NO4Si/c1-22-12-9-10(13(20)23-7-8-24(2,3)4)5-6-11(12)19-14(21)15(16,17)18/h5-6,9H,7-8H2,1-4H3,(H,19,21). The second-order valence-electron chi connectivity index (χ2n) is 6.31. The largest absolute Gasteiger partial charge is 0.495 e. The van der Waals surface area contributed by atoms with E-state index in [0.717, 1.165) is 12.1 Å². The number of carbonyl (C=O) groups is 2. The molecule has 5 nitrogen and oxygen atoms in total. The number of ether oxygens (including phenoxy) is 2. The zero-order valence-corrected chi connectivity index (χ0v) is 14.9. The summed E-state index contributed by atoms with van der Waals surface area (Å²) < 4.78 is 46.9. The van der Waals surface area contributed by atoms with Crippen LogP contribution in [0.3, 0.4) is 0 Å². The maximum Gasteiger partial charge on any atom is 0.471 e. The molecule has 1 aromatic carbocycles. The Morgan fingerprint density at radius 2 is 1.83 bits per heavy atom. The molecule has 0 aliphatic heterocycles. The topological polar surface area (TPSA) is 64.6 Å². The lowest BCUT2D eigenvalue weighted by Crippen LogP contribution is -2.30. The van der Waals surface area contributed by atoms with E-state index >= 15 is 0 Å². The number of anilines is 1. The van der Waals surface area contributed by atoms with Crippen molar-refractivity contribution in [3.8, 4) is 5.75 Å². The lowest BCUT2D eigenvalue weighted by molar-refractivity contribution is -0.167. The molecule has 0 saturated heterocycles. The normalized spacial score (nSPS) is 11.8. The summed E-state index contributed by atoms with van der Waals surface area (Å²) >= 11 is 0. The smallest absolute Gasteiger partial charge is 0.471 e. The van der Waals surface area contributed by atoms with Gasteiger partial charge in [-0.3, -0.25) is 4.79 Å². The molecule has 0 radical (unpaired) electrons. The van der Waals surface area contributed by atoms with Gasteiger partial charge >= 0.3 is 18.1 Å². The molecule has 0 unspecified atom stereocenters. The first kappa shape index (κ1) is 20.0. The van der Waals surface area contributed by atoms with Gasteiger partial charge in [0.25, 0.3) is 0 Å². The number of carbonyl (C=O) groups excluding carboxylic acids is 2. The van der Waals surface area contributed by atoms with E-state index in [1.165, 1.54) is 19.2 Å². The van der Waals surface area contributed by atoms with E-state index < -0.39 is 26.1 Å². The molecule has 24 heavy (non-hydrogen) atoms.